The van der Waals surface area contributed by atoms with Gasteiger partial charge in [-0.3, -0.25) is 5.41 Å². The van der Waals surface area contributed by atoms with Crippen molar-refractivity contribution in [3.8, 4) is 0 Å². The predicted octanol–water partition coefficient (Wildman–Crippen LogP) is 3.61. The van der Waals surface area contributed by atoms with Gasteiger partial charge in [-0.05, 0) is 12.3 Å². The Hall–Kier alpha value is -0.180. The summed E-state index contributed by atoms with van der Waals surface area (Å²) in [7, 11) is 0. The molecule has 0 aromatic heterocycles. The van der Waals surface area contributed by atoms with E-state index in [4.69, 9.17) is 11.1 Å². The van der Waals surface area contributed by atoms with Crippen LogP contribution in [0, 0.1) is 11.3 Å². The molecule has 0 heterocycles. The van der Waals surface area contributed by atoms with E-state index in [0.717, 1.165) is 11.7 Å². The van der Waals surface area contributed by atoms with Gasteiger partial charge in [0.2, 0.25) is 0 Å². The second-order valence-corrected chi connectivity index (χ2v) is 5.07. The first-order valence-corrected chi connectivity index (χ1v) is 6.62. The second-order valence-electron chi connectivity index (χ2n) is 3.93. The van der Waals surface area contributed by atoms with Crippen LogP contribution in [-0.2, 0) is 0 Å². The molecule has 1 atom stereocenters. The van der Waals surface area contributed by atoms with E-state index in [1.165, 1.54) is 50.3 Å². The summed E-state index contributed by atoms with van der Waals surface area (Å²) in [6.45, 7) is 4.58. The maximum atomic E-state index is 7.03. The lowest BCUT2D eigenvalue weighted by Gasteiger charge is -2.07. The quantitative estimate of drug-likeness (QED) is 0.370. The molecular weight excluding hydrogens is 192 g/mol. The molecule has 0 rings (SSSR count). The number of nitrogens with one attached hydrogen (secondary N) is 1. The molecule has 84 valence electrons. The molecule has 0 bridgehead atoms. The summed E-state index contributed by atoms with van der Waals surface area (Å²) in [4.78, 5) is 0. The fourth-order valence-electron chi connectivity index (χ4n) is 1.33. The summed E-state index contributed by atoms with van der Waals surface area (Å²) < 4.78 is 0. The van der Waals surface area contributed by atoms with Gasteiger partial charge in [-0.15, -0.1) is 0 Å². The van der Waals surface area contributed by atoms with E-state index in [0.29, 0.717) is 0 Å². The minimum Gasteiger partial charge on any atom is -0.379 e. The van der Waals surface area contributed by atoms with Crippen molar-refractivity contribution in [2.45, 2.75) is 52.4 Å². The summed E-state index contributed by atoms with van der Waals surface area (Å²) in [5.74, 6) is 1.90. The van der Waals surface area contributed by atoms with E-state index < -0.39 is 0 Å². The van der Waals surface area contributed by atoms with Gasteiger partial charge in [-0.1, -0.05) is 57.7 Å². The fourth-order valence-corrected chi connectivity index (χ4v) is 1.90. The lowest BCUT2D eigenvalue weighted by atomic mass is 10.0. The highest BCUT2D eigenvalue weighted by Crippen LogP contribution is 2.14. The highest BCUT2D eigenvalue weighted by Gasteiger charge is 1.98. The van der Waals surface area contributed by atoms with Crippen molar-refractivity contribution in [1.29, 1.82) is 5.41 Å². The van der Waals surface area contributed by atoms with Crippen LogP contribution in [-0.4, -0.2) is 10.9 Å². The van der Waals surface area contributed by atoms with Gasteiger partial charge in [0, 0.05) is 5.75 Å². The minimum absolute atomic E-state index is 0.254. The minimum atomic E-state index is 0.254. The number of amidine groups is 1. The zero-order valence-electron chi connectivity index (χ0n) is 9.51. The zero-order valence-corrected chi connectivity index (χ0v) is 10.3. The molecule has 0 saturated carbocycles. The standard InChI is InChI=1S/C11H24N2S/c1-3-10(2)8-6-4-5-7-9-14-11(12)13/h10H,3-9H2,1-2H3,(H3,12,13). The topological polar surface area (TPSA) is 49.9 Å². The molecule has 0 aromatic carbocycles. The van der Waals surface area contributed by atoms with E-state index in [9.17, 15) is 0 Å². The van der Waals surface area contributed by atoms with Gasteiger partial charge in [0.05, 0.1) is 0 Å². The third-order valence-electron chi connectivity index (χ3n) is 2.55. The Morgan fingerprint density at radius 3 is 2.50 bits per heavy atom. The Balaban J connectivity index is 3.02. The van der Waals surface area contributed by atoms with Crippen LogP contribution >= 0.6 is 11.8 Å². The summed E-state index contributed by atoms with van der Waals surface area (Å²) in [6.07, 6.45) is 7.86. The van der Waals surface area contributed by atoms with E-state index in [-0.39, 0.29) is 5.17 Å². The molecule has 0 aliphatic heterocycles. The Morgan fingerprint density at radius 2 is 1.93 bits per heavy atom. The van der Waals surface area contributed by atoms with Crippen LogP contribution in [0.25, 0.3) is 0 Å². The first-order valence-electron chi connectivity index (χ1n) is 5.63. The average molecular weight is 216 g/mol. The van der Waals surface area contributed by atoms with Crippen LogP contribution in [0.15, 0.2) is 0 Å². The largest absolute Gasteiger partial charge is 0.379 e. The molecule has 0 spiro atoms. The number of rotatable bonds is 8. The fraction of sp³-hybridized carbons (Fsp3) is 0.909. The molecule has 0 radical (unpaired) electrons. The molecule has 0 aliphatic rings. The van der Waals surface area contributed by atoms with E-state index in [2.05, 4.69) is 13.8 Å². The van der Waals surface area contributed by atoms with Crippen LogP contribution in [0.3, 0.4) is 0 Å². The molecule has 0 aromatic rings. The Morgan fingerprint density at radius 1 is 1.29 bits per heavy atom. The second kappa shape index (κ2) is 9.38. The van der Waals surface area contributed by atoms with Gasteiger partial charge in [0.25, 0.3) is 0 Å². The van der Waals surface area contributed by atoms with Crippen molar-refractivity contribution in [3.63, 3.8) is 0 Å². The lowest BCUT2D eigenvalue weighted by Crippen LogP contribution is -2.04. The van der Waals surface area contributed by atoms with Crippen molar-refractivity contribution in [2.24, 2.45) is 11.7 Å². The van der Waals surface area contributed by atoms with Gasteiger partial charge in [0.1, 0.15) is 0 Å². The smallest absolute Gasteiger partial charge is 0.151 e. The normalized spacial score (nSPS) is 12.7. The molecule has 14 heavy (non-hydrogen) atoms. The van der Waals surface area contributed by atoms with Crippen LogP contribution in [0.2, 0.25) is 0 Å². The molecule has 0 saturated heterocycles. The van der Waals surface area contributed by atoms with E-state index in [1.54, 1.807) is 0 Å². The number of hydrogen-bond donors (Lipinski definition) is 2. The highest BCUT2D eigenvalue weighted by atomic mass is 32.2. The monoisotopic (exact) mass is 216 g/mol. The number of nitrogens with two attached hydrogens (primary N) is 1. The third kappa shape index (κ3) is 9.90. The Labute approximate surface area is 92.5 Å². The van der Waals surface area contributed by atoms with Crippen molar-refractivity contribution in [3.05, 3.63) is 0 Å². The molecule has 3 heteroatoms. The first kappa shape index (κ1) is 13.8. The summed E-state index contributed by atoms with van der Waals surface area (Å²) >= 11 is 1.46. The van der Waals surface area contributed by atoms with Crippen molar-refractivity contribution >= 4 is 16.9 Å². The van der Waals surface area contributed by atoms with E-state index in [1.807, 2.05) is 0 Å². The molecule has 1 unspecified atom stereocenters. The molecule has 0 aliphatic carbocycles. The Kier molecular flexibility index (Phi) is 9.26. The molecule has 0 fully saturated rings. The van der Waals surface area contributed by atoms with Crippen LogP contribution in [0.4, 0.5) is 0 Å². The molecular formula is C11H24N2S. The van der Waals surface area contributed by atoms with Crippen LogP contribution < -0.4 is 5.73 Å². The number of hydrogen-bond acceptors (Lipinski definition) is 2. The summed E-state index contributed by atoms with van der Waals surface area (Å²) in [5.41, 5.74) is 5.24. The van der Waals surface area contributed by atoms with Crippen LogP contribution in [0.1, 0.15) is 52.4 Å². The number of unbranched alkanes of at least 4 members (excludes halogenated alkanes) is 3. The molecule has 0 amide bonds. The SMILES string of the molecule is CCC(C)CCCCCCSC(=N)N. The van der Waals surface area contributed by atoms with Gasteiger partial charge in [-0.2, -0.15) is 0 Å². The zero-order chi connectivity index (χ0) is 10.8. The van der Waals surface area contributed by atoms with E-state index >= 15 is 0 Å². The average Bonchev–Trinajstić information content (AvgIpc) is 2.15. The highest BCUT2D eigenvalue weighted by molar-refractivity contribution is 8.13. The summed E-state index contributed by atoms with van der Waals surface area (Å²) in [6, 6.07) is 0. The van der Waals surface area contributed by atoms with Gasteiger partial charge in [0.15, 0.2) is 5.17 Å². The summed E-state index contributed by atoms with van der Waals surface area (Å²) in [5, 5.41) is 7.29. The maximum Gasteiger partial charge on any atom is 0.151 e. The van der Waals surface area contributed by atoms with Crippen molar-refractivity contribution in [1.82, 2.24) is 0 Å². The lowest BCUT2D eigenvalue weighted by molar-refractivity contribution is 0.477. The van der Waals surface area contributed by atoms with Crippen molar-refractivity contribution in [2.75, 3.05) is 5.75 Å². The number of thioether (sulfide) groups is 1. The third-order valence-corrected chi connectivity index (χ3v) is 3.35. The van der Waals surface area contributed by atoms with Crippen LogP contribution in [0.5, 0.6) is 0 Å². The maximum absolute atomic E-state index is 7.03. The predicted molar refractivity (Wildman–Crippen MR) is 66.9 cm³/mol. The van der Waals surface area contributed by atoms with Gasteiger partial charge < -0.3 is 5.73 Å². The van der Waals surface area contributed by atoms with Gasteiger partial charge in [-0.25, -0.2) is 0 Å². The van der Waals surface area contributed by atoms with Crippen molar-refractivity contribution < 1.29 is 0 Å². The Bertz CT molecular complexity index is 148. The first-order chi connectivity index (χ1) is 6.66. The molecule has 2 nitrogen and oxygen atoms in total. The molecule has 3 N–H and O–H groups in total. The van der Waals surface area contributed by atoms with Gasteiger partial charge >= 0.3 is 0 Å².